The van der Waals surface area contributed by atoms with Crippen molar-refractivity contribution in [2.24, 2.45) is 5.92 Å². The third-order valence-electron chi connectivity index (χ3n) is 3.88. The van der Waals surface area contributed by atoms with Crippen molar-refractivity contribution in [1.29, 1.82) is 0 Å². The molecule has 0 bridgehead atoms. The first kappa shape index (κ1) is 19.2. The summed E-state index contributed by atoms with van der Waals surface area (Å²) in [7, 11) is -3.53. The van der Waals surface area contributed by atoms with E-state index in [1.807, 2.05) is 0 Å². The van der Waals surface area contributed by atoms with Crippen molar-refractivity contribution < 1.29 is 18.0 Å². The average Bonchev–Trinajstić information content (AvgIpc) is 3.00. The molecule has 9 heteroatoms. The summed E-state index contributed by atoms with van der Waals surface area (Å²) in [5.74, 6) is -0.118. The molecule has 1 fully saturated rings. The molecular weight excluding hydrogens is 344 g/mol. The van der Waals surface area contributed by atoms with E-state index in [-0.39, 0.29) is 23.1 Å². The first-order valence-electron chi connectivity index (χ1n) is 8.13. The van der Waals surface area contributed by atoms with Crippen molar-refractivity contribution in [3.63, 3.8) is 0 Å². The fourth-order valence-corrected chi connectivity index (χ4v) is 3.33. The van der Waals surface area contributed by atoms with Crippen LogP contribution < -0.4 is 20.7 Å². The Balaban J connectivity index is 2.12. The minimum Gasteiger partial charge on any atom is -0.352 e. The molecule has 0 radical (unpaired) electrons. The van der Waals surface area contributed by atoms with E-state index >= 15 is 0 Å². The lowest BCUT2D eigenvalue weighted by atomic mass is 10.1. The van der Waals surface area contributed by atoms with E-state index in [1.54, 1.807) is 0 Å². The van der Waals surface area contributed by atoms with Crippen LogP contribution in [-0.2, 0) is 14.8 Å². The molecule has 1 unspecified atom stereocenters. The second-order valence-electron chi connectivity index (χ2n) is 6.22. The first-order valence-corrected chi connectivity index (χ1v) is 10.0. The van der Waals surface area contributed by atoms with Crippen LogP contribution >= 0.6 is 0 Å². The molecule has 1 saturated heterocycles. The maximum absolute atomic E-state index is 12.5. The van der Waals surface area contributed by atoms with Gasteiger partial charge in [-0.3, -0.25) is 14.3 Å². The molecular formula is C16H24N4O4S. The smallest absolute Gasteiger partial charge is 0.253 e. The number of carbonyl (C=O) groups excluding carboxylic acids is 2. The molecule has 8 nitrogen and oxygen atoms in total. The van der Waals surface area contributed by atoms with Crippen molar-refractivity contribution in [1.82, 2.24) is 10.6 Å². The van der Waals surface area contributed by atoms with Gasteiger partial charge in [0.15, 0.2) is 0 Å². The SMILES string of the molecule is CC(=O)Nc1ccc(NS(C)(=O)=O)c(C(=O)NCCC2CCNC2)c1. The minimum absolute atomic E-state index is 0.168. The Hall–Kier alpha value is -2.13. The Kier molecular flexibility index (Phi) is 6.38. The van der Waals surface area contributed by atoms with Gasteiger partial charge in [-0.05, 0) is 50.0 Å². The van der Waals surface area contributed by atoms with Gasteiger partial charge in [0.2, 0.25) is 15.9 Å². The van der Waals surface area contributed by atoms with E-state index in [2.05, 4.69) is 20.7 Å². The van der Waals surface area contributed by atoms with Gasteiger partial charge in [-0.2, -0.15) is 0 Å². The lowest BCUT2D eigenvalue weighted by Gasteiger charge is -2.14. The summed E-state index contributed by atoms with van der Waals surface area (Å²) in [6, 6.07) is 4.46. The summed E-state index contributed by atoms with van der Waals surface area (Å²) in [6.07, 6.45) is 2.97. The topological polar surface area (TPSA) is 116 Å². The number of amides is 2. The highest BCUT2D eigenvalue weighted by atomic mass is 32.2. The molecule has 0 aliphatic carbocycles. The van der Waals surface area contributed by atoms with Gasteiger partial charge in [-0.1, -0.05) is 0 Å². The molecule has 1 aliphatic heterocycles. The van der Waals surface area contributed by atoms with Crippen LogP contribution in [-0.4, -0.2) is 46.1 Å². The van der Waals surface area contributed by atoms with Gasteiger partial charge in [0.25, 0.3) is 5.91 Å². The molecule has 1 heterocycles. The highest BCUT2D eigenvalue weighted by Crippen LogP contribution is 2.22. The monoisotopic (exact) mass is 368 g/mol. The van der Waals surface area contributed by atoms with E-state index in [0.717, 1.165) is 32.2 Å². The van der Waals surface area contributed by atoms with Gasteiger partial charge in [0, 0.05) is 19.2 Å². The Morgan fingerprint density at radius 2 is 2.08 bits per heavy atom. The zero-order chi connectivity index (χ0) is 18.4. The molecule has 138 valence electrons. The fraction of sp³-hybridized carbons (Fsp3) is 0.500. The Labute approximate surface area is 147 Å². The number of hydrogen-bond acceptors (Lipinski definition) is 5. The van der Waals surface area contributed by atoms with Crippen LogP contribution in [0.2, 0.25) is 0 Å². The van der Waals surface area contributed by atoms with Crippen LogP contribution in [0.5, 0.6) is 0 Å². The van der Waals surface area contributed by atoms with E-state index in [9.17, 15) is 18.0 Å². The van der Waals surface area contributed by atoms with Crippen molar-refractivity contribution in [2.45, 2.75) is 19.8 Å². The highest BCUT2D eigenvalue weighted by Gasteiger charge is 2.17. The number of nitrogens with one attached hydrogen (secondary N) is 4. The second-order valence-corrected chi connectivity index (χ2v) is 7.97. The molecule has 1 aromatic rings. The predicted octanol–water partition coefficient (Wildman–Crippen LogP) is 0.746. The van der Waals surface area contributed by atoms with Gasteiger partial charge < -0.3 is 16.0 Å². The molecule has 0 saturated carbocycles. The first-order chi connectivity index (χ1) is 11.7. The Morgan fingerprint density at radius 3 is 2.68 bits per heavy atom. The normalized spacial score (nSPS) is 17.1. The van der Waals surface area contributed by atoms with Gasteiger partial charge >= 0.3 is 0 Å². The van der Waals surface area contributed by atoms with Crippen molar-refractivity contribution in [3.05, 3.63) is 23.8 Å². The Morgan fingerprint density at radius 1 is 1.32 bits per heavy atom. The number of sulfonamides is 1. The van der Waals surface area contributed by atoms with Crippen molar-refractivity contribution >= 4 is 33.2 Å². The summed E-state index contributed by atoms with van der Waals surface area (Å²) in [5.41, 5.74) is 0.773. The average molecular weight is 368 g/mol. The van der Waals surface area contributed by atoms with Crippen LogP contribution in [0.1, 0.15) is 30.1 Å². The van der Waals surface area contributed by atoms with Gasteiger partial charge in [0.1, 0.15) is 0 Å². The van der Waals surface area contributed by atoms with Crippen LogP contribution in [0.25, 0.3) is 0 Å². The molecule has 0 aromatic heterocycles. The Bertz CT molecular complexity index is 743. The van der Waals surface area contributed by atoms with Crippen molar-refractivity contribution in [3.8, 4) is 0 Å². The van der Waals surface area contributed by atoms with Crippen LogP contribution in [0.4, 0.5) is 11.4 Å². The lowest BCUT2D eigenvalue weighted by Crippen LogP contribution is -2.28. The van der Waals surface area contributed by atoms with E-state index in [4.69, 9.17) is 0 Å². The number of carbonyl (C=O) groups is 2. The number of rotatable bonds is 7. The van der Waals surface area contributed by atoms with Gasteiger partial charge in [0.05, 0.1) is 17.5 Å². The molecule has 1 aromatic carbocycles. The highest BCUT2D eigenvalue weighted by molar-refractivity contribution is 7.92. The molecule has 2 rings (SSSR count). The summed E-state index contributed by atoms with van der Waals surface area (Å²) < 4.78 is 25.3. The molecule has 1 aliphatic rings. The zero-order valence-electron chi connectivity index (χ0n) is 14.4. The van der Waals surface area contributed by atoms with Crippen LogP contribution in [0, 0.1) is 5.92 Å². The van der Waals surface area contributed by atoms with Crippen LogP contribution in [0.15, 0.2) is 18.2 Å². The summed E-state index contributed by atoms with van der Waals surface area (Å²) in [5, 5.41) is 8.68. The second kappa shape index (κ2) is 8.30. The minimum atomic E-state index is -3.53. The molecule has 4 N–H and O–H groups in total. The molecule has 25 heavy (non-hydrogen) atoms. The molecule has 2 amide bonds. The summed E-state index contributed by atoms with van der Waals surface area (Å²) >= 11 is 0. The van der Waals surface area contributed by atoms with E-state index in [1.165, 1.54) is 25.1 Å². The van der Waals surface area contributed by atoms with Gasteiger partial charge in [-0.15, -0.1) is 0 Å². The maximum atomic E-state index is 12.5. The lowest BCUT2D eigenvalue weighted by molar-refractivity contribution is -0.114. The molecule has 1 atom stereocenters. The maximum Gasteiger partial charge on any atom is 0.253 e. The quantitative estimate of drug-likeness (QED) is 0.567. The van der Waals surface area contributed by atoms with Gasteiger partial charge in [-0.25, -0.2) is 8.42 Å². The van der Waals surface area contributed by atoms with Crippen molar-refractivity contribution in [2.75, 3.05) is 35.9 Å². The molecule has 0 spiro atoms. The van der Waals surface area contributed by atoms with Crippen LogP contribution in [0.3, 0.4) is 0 Å². The number of benzene rings is 1. The van der Waals surface area contributed by atoms with E-state index in [0.29, 0.717) is 18.2 Å². The zero-order valence-corrected chi connectivity index (χ0v) is 15.2. The fourth-order valence-electron chi connectivity index (χ4n) is 2.75. The standard InChI is InChI=1S/C16H24N4O4S/c1-11(21)19-13-3-4-15(20-25(2,23)24)14(9-13)16(22)18-8-6-12-5-7-17-10-12/h3-4,9,12,17,20H,5-8,10H2,1-2H3,(H,18,22)(H,19,21). The number of anilines is 2. The third-order valence-corrected chi connectivity index (χ3v) is 4.47. The van der Waals surface area contributed by atoms with E-state index < -0.39 is 10.0 Å². The predicted molar refractivity (Wildman–Crippen MR) is 97.1 cm³/mol. The summed E-state index contributed by atoms with van der Waals surface area (Å²) in [6.45, 7) is 3.82. The summed E-state index contributed by atoms with van der Waals surface area (Å²) in [4.78, 5) is 23.7. The number of hydrogen-bond donors (Lipinski definition) is 4. The third kappa shape index (κ3) is 6.35. The largest absolute Gasteiger partial charge is 0.352 e.